The molecule has 5 nitrogen and oxygen atoms in total. The topological polar surface area (TPSA) is 78.2 Å². The van der Waals surface area contributed by atoms with E-state index in [0.29, 0.717) is 23.2 Å². The molecule has 6 rings (SSSR count). The van der Waals surface area contributed by atoms with Gasteiger partial charge in [-0.05, 0) is 48.0 Å². The number of hydrogen-bond donors (Lipinski definition) is 1. The minimum Gasteiger partial charge on any atom is -0.464 e. The van der Waals surface area contributed by atoms with Gasteiger partial charge in [0.2, 0.25) is 5.91 Å². The Hall–Kier alpha value is -4.90. The van der Waals surface area contributed by atoms with Crippen LogP contribution in [-0.4, -0.2) is 16.3 Å². The first-order chi connectivity index (χ1) is 17.6. The van der Waals surface area contributed by atoms with Crippen LogP contribution in [0.1, 0.15) is 31.8 Å². The van der Waals surface area contributed by atoms with Crippen molar-refractivity contribution in [1.82, 2.24) is 4.57 Å². The van der Waals surface area contributed by atoms with E-state index in [1.54, 1.807) is 12.3 Å². The molecule has 0 aliphatic carbocycles. The van der Waals surface area contributed by atoms with Gasteiger partial charge >= 0.3 is 0 Å². The van der Waals surface area contributed by atoms with Crippen LogP contribution in [0.4, 0.5) is 0 Å². The van der Waals surface area contributed by atoms with Crippen molar-refractivity contribution >= 4 is 33.5 Å². The van der Waals surface area contributed by atoms with Gasteiger partial charge in [0.05, 0.1) is 17.3 Å². The minimum atomic E-state index is -0.480. The quantitative estimate of drug-likeness (QED) is 0.294. The van der Waals surface area contributed by atoms with Crippen LogP contribution in [0.2, 0.25) is 0 Å². The maximum absolute atomic E-state index is 12.8. The number of nitrogens with zero attached hydrogens (tertiary/aromatic N) is 1. The summed E-state index contributed by atoms with van der Waals surface area (Å²) in [7, 11) is 0. The summed E-state index contributed by atoms with van der Waals surface area (Å²) in [6, 6.07) is 33.5. The lowest BCUT2D eigenvalue weighted by Gasteiger charge is -2.10. The molecule has 0 saturated carbocycles. The van der Waals surface area contributed by atoms with Gasteiger partial charge in [-0.25, -0.2) is 0 Å². The lowest BCUT2D eigenvalue weighted by atomic mass is 10.0. The third kappa shape index (κ3) is 3.67. The van der Waals surface area contributed by atoms with Gasteiger partial charge in [-0.3, -0.25) is 9.59 Å². The first-order valence-electron chi connectivity index (χ1n) is 11.6. The molecule has 4 aromatic carbocycles. The summed E-state index contributed by atoms with van der Waals surface area (Å²) in [4.78, 5) is 25.1. The van der Waals surface area contributed by atoms with Crippen molar-refractivity contribution in [2.75, 3.05) is 0 Å². The fourth-order valence-electron chi connectivity index (χ4n) is 4.72. The summed E-state index contributed by atoms with van der Waals surface area (Å²) >= 11 is 0. The molecule has 2 heterocycles. The third-order valence-corrected chi connectivity index (χ3v) is 6.46. The first-order valence-corrected chi connectivity index (χ1v) is 11.6. The van der Waals surface area contributed by atoms with Crippen molar-refractivity contribution in [1.29, 1.82) is 0 Å². The number of nitrogens with two attached hydrogens (primary N) is 1. The smallest absolute Gasteiger partial charge is 0.249 e. The Bertz CT molecular complexity index is 1730. The Kier molecular flexibility index (Phi) is 5.23. The standard InChI is InChI=1S/C31H21N2O3/c32-31(35)25-8-4-9-26-29(25)24-16-15-23(28-10-5-17-36-28)18-27(24)33(26)19-20-11-13-22(14-12-20)30(34)21-6-2-1-3-7-21/h1-15,17-18H,19H2,(H2,32,35). The molecule has 0 bridgehead atoms. The van der Waals surface area contributed by atoms with Gasteiger partial charge < -0.3 is 14.7 Å². The molecule has 173 valence electrons. The average molecular weight is 470 g/mol. The predicted molar refractivity (Wildman–Crippen MR) is 140 cm³/mol. The van der Waals surface area contributed by atoms with Gasteiger partial charge in [0.15, 0.2) is 5.78 Å². The van der Waals surface area contributed by atoms with E-state index in [-0.39, 0.29) is 5.78 Å². The van der Waals surface area contributed by atoms with Crippen molar-refractivity contribution in [3.63, 3.8) is 0 Å². The number of benzene rings is 4. The monoisotopic (exact) mass is 469 g/mol. The molecule has 0 atom stereocenters. The molecule has 5 heteroatoms. The van der Waals surface area contributed by atoms with Crippen LogP contribution >= 0.6 is 0 Å². The highest BCUT2D eigenvalue weighted by molar-refractivity contribution is 6.18. The molecule has 6 aromatic rings. The summed E-state index contributed by atoms with van der Waals surface area (Å²) in [5.74, 6) is 0.249. The number of aromatic nitrogens is 1. The molecule has 36 heavy (non-hydrogen) atoms. The second-order valence-electron chi connectivity index (χ2n) is 8.67. The second kappa shape index (κ2) is 8.71. The Labute approximate surface area is 207 Å². The Morgan fingerprint density at radius 3 is 2.33 bits per heavy atom. The van der Waals surface area contributed by atoms with Crippen molar-refractivity contribution in [3.8, 4) is 11.3 Å². The number of rotatable bonds is 6. The summed E-state index contributed by atoms with van der Waals surface area (Å²) in [6.07, 6.45) is 1.64. The normalized spacial score (nSPS) is 11.2. The number of fused-ring (bicyclic) bond motifs is 3. The average Bonchev–Trinajstić information content (AvgIpc) is 3.56. The van der Waals surface area contributed by atoms with Crippen molar-refractivity contribution in [3.05, 3.63) is 132 Å². The SMILES string of the molecule is NC(=O)c1cccc2c1c1[c]cc(-c3ccco3)cc1n2Cc1ccc(C(=O)c2ccccc2)cc1. The summed E-state index contributed by atoms with van der Waals surface area (Å²) in [5, 5.41) is 1.60. The van der Waals surface area contributed by atoms with Gasteiger partial charge in [-0.2, -0.15) is 0 Å². The molecule has 0 unspecified atom stereocenters. The van der Waals surface area contributed by atoms with E-state index in [9.17, 15) is 9.59 Å². The van der Waals surface area contributed by atoms with Crippen molar-refractivity contribution in [2.24, 2.45) is 5.73 Å². The number of carbonyl (C=O) groups is 2. The lowest BCUT2D eigenvalue weighted by molar-refractivity contribution is 0.1000. The molecular weight excluding hydrogens is 448 g/mol. The van der Waals surface area contributed by atoms with Gasteiger partial charge in [0.1, 0.15) is 5.76 Å². The van der Waals surface area contributed by atoms with Crippen molar-refractivity contribution in [2.45, 2.75) is 6.54 Å². The first kappa shape index (κ1) is 21.6. The fraction of sp³-hybridized carbons (Fsp3) is 0.0323. The summed E-state index contributed by atoms with van der Waals surface area (Å²) in [6.45, 7) is 0.539. The number of hydrogen-bond acceptors (Lipinski definition) is 3. The predicted octanol–water partition coefficient (Wildman–Crippen LogP) is 6.23. The zero-order valence-electron chi connectivity index (χ0n) is 19.3. The molecule has 1 radical (unpaired) electrons. The van der Waals surface area contributed by atoms with E-state index in [4.69, 9.17) is 10.2 Å². The van der Waals surface area contributed by atoms with E-state index in [0.717, 1.165) is 38.7 Å². The molecule has 0 spiro atoms. The van der Waals surface area contributed by atoms with Gasteiger partial charge in [0, 0.05) is 39.6 Å². The van der Waals surface area contributed by atoms with Crippen LogP contribution in [0.25, 0.3) is 33.1 Å². The van der Waals surface area contributed by atoms with Gasteiger partial charge in [-0.1, -0.05) is 60.7 Å². The van der Waals surface area contributed by atoms with Crippen LogP contribution in [0.3, 0.4) is 0 Å². The van der Waals surface area contributed by atoms with E-state index >= 15 is 0 Å². The highest BCUT2D eigenvalue weighted by Gasteiger charge is 2.18. The summed E-state index contributed by atoms with van der Waals surface area (Å²) < 4.78 is 7.75. The van der Waals surface area contributed by atoms with Crippen LogP contribution in [0.5, 0.6) is 0 Å². The van der Waals surface area contributed by atoms with Crippen molar-refractivity contribution < 1.29 is 14.0 Å². The summed E-state index contributed by atoms with van der Waals surface area (Å²) in [5.41, 5.74) is 11.2. The second-order valence-corrected chi connectivity index (χ2v) is 8.67. The molecule has 2 N–H and O–H groups in total. The van der Waals surface area contributed by atoms with E-state index in [1.165, 1.54) is 0 Å². The maximum atomic E-state index is 12.8. The number of furan rings is 1. The highest BCUT2D eigenvalue weighted by Crippen LogP contribution is 2.35. The lowest BCUT2D eigenvalue weighted by Crippen LogP contribution is -2.11. The minimum absolute atomic E-state index is 0.0113. The largest absolute Gasteiger partial charge is 0.464 e. The number of ketones is 1. The molecule has 1 amide bonds. The van der Waals surface area contributed by atoms with Crippen LogP contribution in [0.15, 0.2) is 108 Å². The van der Waals surface area contributed by atoms with Gasteiger partial charge in [-0.15, -0.1) is 0 Å². The highest BCUT2D eigenvalue weighted by atomic mass is 16.3. The zero-order chi connectivity index (χ0) is 24.6. The van der Waals surface area contributed by atoms with Crippen LogP contribution < -0.4 is 5.73 Å². The third-order valence-electron chi connectivity index (χ3n) is 6.46. The molecule has 0 saturated heterocycles. The molecular formula is C31H21N2O3. The number of primary amides is 1. The molecule has 0 fully saturated rings. The van der Waals surface area contributed by atoms with E-state index in [1.807, 2.05) is 91.0 Å². The Morgan fingerprint density at radius 1 is 0.833 bits per heavy atom. The van der Waals surface area contributed by atoms with Crippen LogP contribution in [0, 0.1) is 6.07 Å². The van der Waals surface area contributed by atoms with E-state index < -0.39 is 5.91 Å². The maximum Gasteiger partial charge on any atom is 0.249 e. The Morgan fingerprint density at radius 2 is 1.61 bits per heavy atom. The molecule has 2 aromatic heterocycles. The van der Waals surface area contributed by atoms with E-state index in [2.05, 4.69) is 10.6 Å². The molecule has 0 aliphatic rings. The number of amides is 1. The molecule has 0 aliphatic heterocycles. The fourth-order valence-corrected chi connectivity index (χ4v) is 4.72. The van der Waals surface area contributed by atoms with Gasteiger partial charge in [0.25, 0.3) is 0 Å². The van der Waals surface area contributed by atoms with Crippen LogP contribution in [-0.2, 0) is 6.54 Å². The Balaban J connectivity index is 1.46. The number of carbonyl (C=O) groups excluding carboxylic acids is 2. The zero-order valence-corrected chi connectivity index (χ0v) is 19.3.